The molecule has 10 nitrogen and oxygen atoms in total. The largest absolute Gasteiger partial charge is 0.441 e. The molecule has 2 aliphatic heterocycles. The van der Waals surface area contributed by atoms with Crippen LogP contribution in [0.3, 0.4) is 0 Å². The van der Waals surface area contributed by atoms with Gasteiger partial charge in [0.2, 0.25) is 5.89 Å². The molecule has 6 rings (SSSR count). The minimum absolute atomic E-state index is 0.260. The molecule has 2 aromatic heterocycles. The van der Waals surface area contributed by atoms with Crippen molar-refractivity contribution in [2.24, 2.45) is 5.92 Å². The molecule has 0 radical (unpaired) electrons. The molecule has 4 heterocycles. The van der Waals surface area contributed by atoms with E-state index < -0.39 is 11.0 Å². The number of fused-ring (bicyclic) bond motifs is 1. The van der Waals surface area contributed by atoms with E-state index in [4.69, 9.17) is 19.0 Å². The monoisotopic (exact) mass is 518 g/mol. The molecule has 1 spiro atoms. The number of rotatable bonds is 6. The molecule has 2 atom stereocenters. The number of amides is 1. The summed E-state index contributed by atoms with van der Waals surface area (Å²) in [6, 6.07) is 7.79. The molecule has 3 aliphatic rings. The Balaban J connectivity index is 1.12. The number of aromatic nitrogens is 4. The summed E-state index contributed by atoms with van der Waals surface area (Å²) in [6.07, 6.45) is 7.12. The van der Waals surface area contributed by atoms with Crippen molar-refractivity contribution in [2.75, 3.05) is 26.3 Å². The van der Waals surface area contributed by atoms with Crippen LogP contribution in [-0.2, 0) is 21.4 Å². The van der Waals surface area contributed by atoms with Crippen LogP contribution < -0.4 is 0 Å². The molecule has 2 saturated heterocycles. The van der Waals surface area contributed by atoms with Crippen molar-refractivity contribution >= 4 is 17.1 Å². The second-order valence-electron chi connectivity index (χ2n) is 11.8. The maximum atomic E-state index is 13.1. The van der Waals surface area contributed by atoms with Crippen LogP contribution in [0, 0.1) is 17.2 Å². The molecule has 200 valence electrons. The van der Waals surface area contributed by atoms with Crippen molar-refractivity contribution in [3.05, 3.63) is 41.8 Å². The van der Waals surface area contributed by atoms with Crippen molar-refractivity contribution in [2.45, 2.75) is 75.9 Å². The fourth-order valence-corrected chi connectivity index (χ4v) is 6.38. The van der Waals surface area contributed by atoms with E-state index in [9.17, 15) is 10.1 Å². The zero-order valence-electron chi connectivity index (χ0n) is 22.1. The molecule has 1 saturated carbocycles. The first kappa shape index (κ1) is 24.9. The average Bonchev–Trinajstić information content (AvgIpc) is 3.63. The summed E-state index contributed by atoms with van der Waals surface area (Å²) in [4.78, 5) is 24.1. The summed E-state index contributed by atoms with van der Waals surface area (Å²) in [5, 5.41) is 13.6. The van der Waals surface area contributed by atoms with E-state index in [2.05, 4.69) is 20.8 Å². The first-order valence-electron chi connectivity index (χ1n) is 13.6. The average molecular weight is 519 g/mol. The van der Waals surface area contributed by atoms with Gasteiger partial charge in [-0.3, -0.25) is 0 Å². The van der Waals surface area contributed by atoms with Crippen LogP contribution in [0.1, 0.15) is 75.6 Å². The molecule has 0 unspecified atom stereocenters. The van der Waals surface area contributed by atoms with Crippen LogP contribution in [0.5, 0.6) is 0 Å². The predicted octanol–water partition coefficient (Wildman–Crippen LogP) is 4.54. The van der Waals surface area contributed by atoms with Gasteiger partial charge >= 0.3 is 6.09 Å². The van der Waals surface area contributed by atoms with Crippen molar-refractivity contribution in [3.8, 4) is 6.07 Å². The van der Waals surface area contributed by atoms with Gasteiger partial charge in [0, 0.05) is 32.2 Å². The molecule has 0 bridgehead atoms. The third kappa shape index (κ3) is 4.75. The van der Waals surface area contributed by atoms with E-state index in [0.717, 1.165) is 75.1 Å². The molecule has 1 aromatic carbocycles. The third-order valence-corrected chi connectivity index (χ3v) is 8.34. The van der Waals surface area contributed by atoms with E-state index in [1.807, 2.05) is 37.2 Å². The summed E-state index contributed by atoms with van der Waals surface area (Å²) in [5.41, 5.74) is 1.50. The fourth-order valence-electron chi connectivity index (χ4n) is 6.38. The highest BCUT2D eigenvalue weighted by Crippen LogP contribution is 2.41. The first-order valence-corrected chi connectivity index (χ1v) is 13.6. The van der Waals surface area contributed by atoms with Crippen LogP contribution >= 0.6 is 0 Å². The number of benzene rings is 1. The maximum Gasteiger partial charge on any atom is 0.410 e. The van der Waals surface area contributed by atoms with Crippen LogP contribution in [0.15, 0.2) is 29.0 Å². The molecular weight excluding hydrogens is 484 g/mol. The van der Waals surface area contributed by atoms with Gasteiger partial charge in [-0.05, 0) is 76.5 Å². The number of carbonyl (C=O) groups is 1. The van der Waals surface area contributed by atoms with Gasteiger partial charge in [0.25, 0.3) is 0 Å². The van der Waals surface area contributed by atoms with Gasteiger partial charge in [0.15, 0.2) is 5.82 Å². The molecule has 1 aliphatic carbocycles. The Morgan fingerprint density at radius 1 is 1.24 bits per heavy atom. The molecular formula is C28H34N6O4. The number of hydrogen-bond acceptors (Lipinski definition) is 8. The standard InChI is InChI=1S/C28H34N6O4/c1-27(2,25-31-24(32-38-25)21-7-10-36-11-8-21)16-34-17-28(37-26(34)35)9-3-4-20(13-28)15-33-18-30-22-6-5-19(14-29)12-23(22)33/h5-6,12,18,20-21H,3-4,7-11,13,15-17H2,1-2H3/t20-,28-/m0/s1. The summed E-state index contributed by atoms with van der Waals surface area (Å²) in [5.74, 6) is 1.90. The van der Waals surface area contributed by atoms with E-state index in [-0.39, 0.29) is 12.0 Å². The van der Waals surface area contributed by atoms with Gasteiger partial charge in [-0.2, -0.15) is 10.2 Å². The highest BCUT2D eigenvalue weighted by atomic mass is 16.6. The molecule has 38 heavy (non-hydrogen) atoms. The Morgan fingerprint density at radius 3 is 2.89 bits per heavy atom. The lowest BCUT2D eigenvalue weighted by Gasteiger charge is -2.36. The van der Waals surface area contributed by atoms with Gasteiger partial charge in [-0.1, -0.05) is 5.16 Å². The van der Waals surface area contributed by atoms with Crippen molar-refractivity contribution < 1.29 is 18.8 Å². The minimum Gasteiger partial charge on any atom is -0.441 e. The summed E-state index contributed by atoms with van der Waals surface area (Å²) < 4.78 is 19.4. The SMILES string of the molecule is CC(C)(CN1C[C@@]2(CCC[C@H](Cn3cnc4ccc(C#N)cc43)C2)OC1=O)c1nc(C2CCOCC2)no1. The van der Waals surface area contributed by atoms with E-state index in [0.29, 0.717) is 30.5 Å². The van der Waals surface area contributed by atoms with E-state index in [1.54, 1.807) is 6.07 Å². The van der Waals surface area contributed by atoms with Crippen molar-refractivity contribution in [1.82, 2.24) is 24.6 Å². The Kier molecular flexibility index (Phi) is 6.34. The quantitative estimate of drug-likeness (QED) is 0.466. The predicted molar refractivity (Wildman–Crippen MR) is 137 cm³/mol. The lowest BCUT2D eigenvalue weighted by Crippen LogP contribution is -2.43. The topological polar surface area (TPSA) is 119 Å². The molecule has 0 N–H and O–H groups in total. The van der Waals surface area contributed by atoms with Crippen molar-refractivity contribution in [3.63, 3.8) is 0 Å². The number of imidazole rings is 1. The number of nitriles is 1. The Bertz CT molecular complexity index is 1370. The highest BCUT2D eigenvalue weighted by molar-refractivity contribution is 5.77. The minimum atomic E-state index is -0.497. The van der Waals surface area contributed by atoms with Crippen LogP contribution in [0.25, 0.3) is 11.0 Å². The maximum absolute atomic E-state index is 13.1. The van der Waals surface area contributed by atoms with Crippen LogP contribution in [0.2, 0.25) is 0 Å². The fraction of sp³-hybridized carbons (Fsp3) is 0.607. The normalized spacial score (nSPS) is 24.7. The van der Waals surface area contributed by atoms with E-state index in [1.165, 1.54) is 0 Å². The zero-order valence-corrected chi connectivity index (χ0v) is 22.1. The van der Waals surface area contributed by atoms with E-state index >= 15 is 0 Å². The van der Waals surface area contributed by atoms with Gasteiger partial charge in [-0.25, -0.2) is 9.78 Å². The van der Waals surface area contributed by atoms with Gasteiger partial charge in [0.05, 0.1) is 41.0 Å². The lowest BCUT2D eigenvalue weighted by atomic mass is 9.77. The summed E-state index contributed by atoms with van der Waals surface area (Å²) in [7, 11) is 0. The Morgan fingerprint density at radius 2 is 2.08 bits per heavy atom. The lowest BCUT2D eigenvalue weighted by molar-refractivity contribution is 0.00413. The summed E-state index contributed by atoms with van der Waals surface area (Å²) in [6.45, 7) is 7.32. The van der Waals surface area contributed by atoms with Gasteiger partial charge < -0.3 is 23.5 Å². The molecule has 10 heteroatoms. The number of carbonyl (C=O) groups excluding carboxylic acids is 1. The summed E-state index contributed by atoms with van der Waals surface area (Å²) >= 11 is 0. The Labute approximate surface area is 221 Å². The number of ether oxygens (including phenoxy) is 2. The second-order valence-corrected chi connectivity index (χ2v) is 11.8. The molecule has 3 fully saturated rings. The highest BCUT2D eigenvalue weighted by Gasteiger charge is 2.49. The number of hydrogen-bond donors (Lipinski definition) is 0. The van der Waals surface area contributed by atoms with Gasteiger partial charge in [0.1, 0.15) is 5.60 Å². The zero-order chi connectivity index (χ0) is 26.3. The van der Waals surface area contributed by atoms with Gasteiger partial charge in [-0.15, -0.1) is 0 Å². The first-order chi connectivity index (χ1) is 18.3. The smallest absolute Gasteiger partial charge is 0.410 e. The Hall–Kier alpha value is -3.45. The van der Waals surface area contributed by atoms with Crippen LogP contribution in [-0.4, -0.2) is 62.6 Å². The number of nitrogens with zero attached hydrogens (tertiary/aromatic N) is 6. The van der Waals surface area contributed by atoms with Crippen molar-refractivity contribution in [1.29, 1.82) is 5.26 Å². The third-order valence-electron chi connectivity index (χ3n) is 8.34. The molecule has 3 aromatic rings. The second kappa shape index (κ2) is 9.70. The molecule has 1 amide bonds. The van der Waals surface area contributed by atoms with Crippen LogP contribution in [0.4, 0.5) is 4.79 Å².